The van der Waals surface area contributed by atoms with Crippen molar-refractivity contribution >= 4 is 33.2 Å². The van der Waals surface area contributed by atoms with Crippen LogP contribution in [0.1, 0.15) is 154 Å². The third kappa shape index (κ3) is 9.76. The predicted molar refractivity (Wildman–Crippen MR) is 291 cm³/mol. The van der Waals surface area contributed by atoms with Gasteiger partial charge in [0.05, 0.1) is 0 Å². The Morgan fingerprint density at radius 2 is 1.21 bits per heavy atom. The second-order valence-electron chi connectivity index (χ2n) is 22.6. The molecule has 1 aliphatic heterocycles. The Hall–Kier alpha value is -5.90. The van der Waals surface area contributed by atoms with Gasteiger partial charge in [0.2, 0.25) is 0 Å². The molecule has 3 heterocycles. The number of anilines is 2. The molecular formula is C64H69N4OPt-3. The van der Waals surface area contributed by atoms with Gasteiger partial charge in [-0.1, -0.05) is 175 Å². The first-order chi connectivity index (χ1) is 32.7. The van der Waals surface area contributed by atoms with Crippen molar-refractivity contribution in [2.45, 2.75) is 131 Å². The van der Waals surface area contributed by atoms with E-state index in [0.717, 1.165) is 44.6 Å². The molecule has 5 nitrogen and oxygen atoms in total. The van der Waals surface area contributed by atoms with Gasteiger partial charge in [0.1, 0.15) is 5.82 Å². The molecule has 1 aliphatic rings. The van der Waals surface area contributed by atoms with E-state index in [4.69, 9.17) is 9.72 Å². The first-order valence-electron chi connectivity index (χ1n) is 24.8. The summed E-state index contributed by atoms with van der Waals surface area (Å²) in [5, 5.41) is 2.27. The van der Waals surface area contributed by atoms with Crippen LogP contribution in [0.15, 0.2) is 140 Å². The molecule has 0 unspecified atom stereocenters. The molecule has 0 aliphatic carbocycles. The molecule has 8 aromatic rings. The van der Waals surface area contributed by atoms with Gasteiger partial charge in [-0.05, 0) is 127 Å². The normalized spacial score (nSPS) is 13.4. The molecule has 70 heavy (non-hydrogen) atoms. The average molecular weight is 1110 g/mol. The minimum Gasteiger partial charge on any atom is -0.509 e. The topological polar surface area (TPSA) is 33.5 Å². The van der Waals surface area contributed by atoms with Crippen molar-refractivity contribution in [1.82, 2.24) is 9.55 Å². The summed E-state index contributed by atoms with van der Waals surface area (Å²) >= 11 is 0. The third-order valence-electron chi connectivity index (χ3n) is 14.1. The molecule has 0 atom stereocenters. The van der Waals surface area contributed by atoms with E-state index in [-0.39, 0.29) is 31.9 Å². The van der Waals surface area contributed by atoms with Crippen LogP contribution in [-0.2, 0) is 37.3 Å². The van der Waals surface area contributed by atoms with Gasteiger partial charge in [-0.2, -0.15) is 6.07 Å². The summed E-state index contributed by atoms with van der Waals surface area (Å²) in [7, 11) is 0. The minimum absolute atomic E-state index is 0. The summed E-state index contributed by atoms with van der Waals surface area (Å²) in [4.78, 5) is 9.46. The monoisotopic (exact) mass is 1100 g/mol. The van der Waals surface area contributed by atoms with Crippen molar-refractivity contribution in [2.75, 3.05) is 9.80 Å². The van der Waals surface area contributed by atoms with Gasteiger partial charge in [-0.25, -0.2) is 4.98 Å². The quantitative estimate of drug-likeness (QED) is 0.121. The first kappa shape index (κ1) is 50.5. The van der Waals surface area contributed by atoms with Crippen molar-refractivity contribution < 1.29 is 25.8 Å². The molecule has 0 saturated carbocycles. The number of aromatic nitrogens is 2. The van der Waals surface area contributed by atoms with E-state index in [2.05, 4.69) is 252 Å². The number of para-hydroxylation sites is 1. The fourth-order valence-corrected chi connectivity index (χ4v) is 9.81. The van der Waals surface area contributed by atoms with E-state index in [9.17, 15) is 0 Å². The number of hydrogen-bond donors (Lipinski definition) is 0. The van der Waals surface area contributed by atoms with Crippen LogP contribution in [0.25, 0.3) is 38.8 Å². The standard InChI is InChI=1S/C64H69N4O.Pt/c1-41(2)45-31-54(42(3)4)60(55(32-45)43(5)6)44-27-28-65-59(33-44)68-57-26-19-18-25-53(57)61-56(64(13,14)46-21-16-15-17-22-46)38-52(39-58(61)68)69-51-24-20-23-49(37-51)66-29-30-67(40-66)50-35-47(62(7,8)9)34-48(36-50)63(10,11)12;/h15-36,38,40-43H,1-14H3;/q-3;. The molecule has 0 radical (unpaired) electrons. The maximum absolute atomic E-state index is 6.95. The Balaban J connectivity index is 0.00000659. The van der Waals surface area contributed by atoms with Crippen molar-refractivity contribution in [3.05, 3.63) is 198 Å². The van der Waals surface area contributed by atoms with Crippen molar-refractivity contribution in [2.24, 2.45) is 0 Å². The summed E-state index contributed by atoms with van der Waals surface area (Å²) in [5.74, 6) is 3.18. The molecule has 2 aromatic heterocycles. The molecule has 6 aromatic carbocycles. The van der Waals surface area contributed by atoms with Crippen LogP contribution in [0.2, 0.25) is 0 Å². The Morgan fingerprint density at radius 3 is 1.84 bits per heavy atom. The Labute approximate surface area is 432 Å². The van der Waals surface area contributed by atoms with Crippen molar-refractivity contribution in [1.29, 1.82) is 0 Å². The summed E-state index contributed by atoms with van der Waals surface area (Å²) in [6, 6.07) is 51.5. The average Bonchev–Trinajstić information content (AvgIpc) is 3.94. The van der Waals surface area contributed by atoms with Crippen LogP contribution in [0, 0.1) is 18.8 Å². The molecule has 0 spiro atoms. The number of fused-ring (bicyclic) bond motifs is 3. The number of pyridine rings is 1. The van der Waals surface area contributed by atoms with E-state index in [1.807, 2.05) is 18.3 Å². The van der Waals surface area contributed by atoms with Gasteiger partial charge >= 0.3 is 0 Å². The smallest absolute Gasteiger partial charge is 0.136 e. The zero-order valence-corrected chi connectivity index (χ0v) is 45.9. The van der Waals surface area contributed by atoms with Gasteiger partial charge in [0.15, 0.2) is 0 Å². The van der Waals surface area contributed by atoms with Crippen LogP contribution < -0.4 is 14.5 Å². The van der Waals surface area contributed by atoms with E-state index >= 15 is 0 Å². The zero-order chi connectivity index (χ0) is 49.2. The van der Waals surface area contributed by atoms with Crippen LogP contribution in [0.3, 0.4) is 0 Å². The number of benzene rings is 6. The second kappa shape index (κ2) is 19.4. The van der Waals surface area contributed by atoms with E-state index in [0.29, 0.717) is 29.3 Å². The SMILES string of the molecule is CC(C)c1cc(C(C)C)c(-c2ccnc(-n3c4[c-]c(Oc5[c-]c(N6C=CN(c7cc(C(C)(C)C)cc(C(C)(C)C)c7)[CH-]6)ccc5)cc(C(C)(C)c5ccccc5)c4c4ccccc43)c2)c(C(C)C)c1.[Pt]. The van der Waals surface area contributed by atoms with E-state index in [1.165, 1.54) is 44.5 Å². The Kier molecular flexibility index (Phi) is 14.0. The molecular weight excluding hydrogens is 1040 g/mol. The predicted octanol–water partition coefficient (Wildman–Crippen LogP) is 17.4. The summed E-state index contributed by atoms with van der Waals surface area (Å²) < 4.78 is 9.24. The number of nitrogens with zero attached hydrogens (tertiary/aromatic N) is 4. The molecule has 0 fully saturated rings. The molecule has 364 valence electrons. The fraction of sp³-hybridized carbons (Fsp3) is 0.312. The number of ether oxygens (including phenoxy) is 1. The van der Waals surface area contributed by atoms with Crippen molar-refractivity contribution in [3.63, 3.8) is 0 Å². The summed E-state index contributed by atoms with van der Waals surface area (Å²) in [5.41, 5.74) is 15.2. The van der Waals surface area contributed by atoms with Gasteiger partial charge in [0, 0.05) is 50.0 Å². The molecule has 9 rings (SSSR count). The van der Waals surface area contributed by atoms with Gasteiger partial charge in [-0.3, -0.25) is 0 Å². The van der Waals surface area contributed by atoms with Crippen molar-refractivity contribution in [3.8, 4) is 28.4 Å². The summed E-state index contributed by atoms with van der Waals surface area (Å²) in [6.07, 6.45) is 6.17. The minimum atomic E-state index is -0.408. The van der Waals surface area contributed by atoms with Crippen LogP contribution in [-0.4, -0.2) is 9.55 Å². The molecule has 0 bridgehead atoms. The molecule has 0 saturated heterocycles. The van der Waals surface area contributed by atoms with Crippen LogP contribution >= 0.6 is 0 Å². The third-order valence-corrected chi connectivity index (χ3v) is 14.1. The van der Waals surface area contributed by atoms with E-state index in [1.54, 1.807) is 0 Å². The van der Waals surface area contributed by atoms with Gasteiger partial charge in [-0.15, -0.1) is 48.3 Å². The van der Waals surface area contributed by atoms with E-state index < -0.39 is 5.41 Å². The molecule has 0 amide bonds. The summed E-state index contributed by atoms with van der Waals surface area (Å²) in [6.45, 7) is 34.2. The fourth-order valence-electron chi connectivity index (χ4n) is 9.81. The Morgan fingerprint density at radius 1 is 0.586 bits per heavy atom. The molecule has 0 N–H and O–H groups in total. The Bertz CT molecular complexity index is 3150. The first-order valence-corrected chi connectivity index (χ1v) is 24.8. The van der Waals surface area contributed by atoms with Crippen LogP contribution in [0.5, 0.6) is 11.5 Å². The second-order valence-corrected chi connectivity index (χ2v) is 22.6. The number of hydrogen-bond acceptors (Lipinski definition) is 4. The van der Waals surface area contributed by atoms with Gasteiger partial charge in [0.25, 0.3) is 0 Å². The zero-order valence-electron chi connectivity index (χ0n) is 43.6. The maximum atomic E-state index is 6.95. The number of rotatable bonds is 11. The van der Waals surface area contributed by atoms with Gasteiger partial charge < -0.3 is 19.1 Å². The largest absolute Gasteiger partial charge is 0.509 e. The molecule has 6 heteroatoms. The van der Waals surface area contributed by atoms with Crippen LogP contribution in [0.4, 0.5) is 11.4 Å². The maximum Gasteiger partial charge on any atom is 0.136 e.